The number of benzene rings is 1. The molecule has 0 aliphatic rings. The first-order valence-electron chi connectivity index (χ1n) is 5.51. The van der Waals surface area contributed by atoms with E-state index >= 15 is 0 Å². The third kappa shape index (κ3) is 2.61. The van der Waals surface area contributed by atoms with E-state index in [-0.39, 0.29) is 11.5 Å². The van der Waals surface area contributed by atoms with Crippen LogP contribution < -0.4 is 9.47 Å². The van der Waals surface area contributed by atoms with Crippen molar-refractivity contribution in [1.82, 2.24) is 0 Å². The van der Waals surface area contributed by atoms with Crippen molar-refractivity contribution in [3.8, 4) is 35.8 Å². The van der Waals surface area contributed by atoms with E-state index in [1.165, 1.54) is 26.4 Å². The van der Waals surface area contributed by atoms with Crippen LogP contribution in [0.5, 0.6) is 11.5 Å². The Labute approximate surface area is 116 Å². The van der Waals surface area contributed by atoms with Crippen LogP contribution in [0.4, 0.5) is 0 Å². The maximum absolute atomic E-state index is 8.96. The van der Waals surface area contributed by atoms with Crippen molar-refractivity contribution in [2.24, 2.45) is 0 Å². The highest BCUT2D eigenvalue weighted by atomic mass is 16.5. The van der Waals surface area contributed by atoms with Gasteiger partial charge in [0, 0.05) is 11.1 Å². The summed E-state index contributed by atoms with van der Waals surface area (Å²) in [6, 6.07) is 10.3. The maximum Gasteiger partial charge on any atom is 0.161 e. The first-order chi connectivity index (χ1) is 9.66. The van der Waals surface area contributed by atoms with Crippen molar-refractivity contribution in [3.63, 3.8) is 0 Å². The van der Waals surface area contributed by atoms with Gasteiger partial charge in [-0.3, -0.25) is 0 Å². The van der Waals surface area contributed by atoms with Crippen molar-refractivity contribution in [1.29, 1.82) is 21.0 Å². The van der Waals surface area contributed by atoms with Crippen LogP contribution in [0, 0.1) is 45.3 Å². The minimum absolute atomic E-state index is 0.268. The fourth-order valence-corrected chi connectivity index (χ4v) is 1.73. The molecule has 1 aromatic rings. The van der Waals surface area contributed by atoms with Gasteiger partial charge in [0.2, 0.25) is 0 Å². The second-order valence-corrected chi connectivity index (χ2v) is 3.72. The molecule has 0 aliphatic carbocycles. The molecule has 0 unspecified atom stereocenters. The molecule has 6 nitrogen and oxygen atoms in total. The first kappa shape index (κ1) is 14.8. The van der Waals surface area contributed by atoms with Crippen LogP contribution in [0.2, 0.25) is 0 Å². The van der Waals surface area contributed by atoms with Gasteiger partial charge in [0.05, 0.1) is 38.5 Å². The number of methoxy groups -OCH3 is 2. The summed E-state index contributed by atoms with van der Waals surface area (Å²) in [6.07, 6.45) is 0. The van der Waals surface area contributed by atoms with E-state index in [9.17, 15) is 0 Å². The van der Waals surface area contributed by atoms with Crippen LogP contribution in [0.3, 0.4) is 0 Å². The Morgan fingerprint density at radius 2 is 1.05 bits per heavy atom. The zero-order valence-electron chi connectivity index (χ0n) is 10.9. The lowest BCUT2D eigenvalue weighted by Gasteiger charge is -2.15. The van der Waals surface area contributed by atoms with Crippen LogP contribution in [-0.4, -0.2) is 14.2 Å². The lowest BCUT2D eigenvalue weighted by Crippen LogP contribution is -2.03. The SMILES string of the molecule is COc1cc(C(C#N)C#N)c(OC)cc1C(C#N)C#N. The average molecular weight is 266 g/mol. The third-order valence-corrected chi connectivity index (χ3v) is 2.72. The number of ether oxygens (including phenoxy) is 2. The summed E-state index contributed by atoms with van der Waals surface area (Å²) in [7, 11) is 2.77. The van der Waals surface area contributed by atoms with Gasteiger partial charge in [-0.1, -0.05) is 0 Å². The predicted octanol–water partition coefficient (Wildman–Crippen LogP) is 1.97. The molecule has 1 rings (SSSR count). The number of nitriles is 4. The molecule has 20 heavy (non-hydrogen) atoms. The fourth-order valence-electron chi connectivity index (χ4n) is 1.73. The molecule has 0 amide bonds. The molecule has 0 heterocycles. The van der Waals surface area contributed by atoms with Crippen LogP contribution in [0.1, 0.15) is 23.0 Å². The number of rotatable bonds is 4. The average Bonchev–Trinajstić information content (AvgIpc) is 2.50. The molecule has 0 saturated heterocycles. The molecule has 0 N–H and O–H groups in total. The fraction of sp³-hybridized carbons (Fsp3) is 0.286. The predicted molar refractivity (Wildman–Crippen MR) is 67.5 cm³/mol. The largest absolute Gasteiger partial charge is 0.496 e. The quantitative estimate of drug-likeness (QED) is 0.822. The monoisotopic (exact) mass is 266 g/mol. The first-order valence-corrected chi connectivity index (χ1v) is 5.51. The number of hydrogen-bond donors (Lipinski definition) is 0. The van der Waals surface area contributed by atoms with Gasteiger partial charge in [0.25, 0.3) is 0 Å². The summed E-state index contributed by atoms with van der Waals surface area (Å²) in [4.78, 5) is 0. The third-order valence-electron chi connectivity index (χ3n) is 2.72. The lowest BCUT2D eigenvalue weighted by molar-refractivity contribution is 0.395. The zero-order chi connectivity index (χ0) is 15.1. The van der Waals surface area contributed by atoms with Crippen LogP contribution in [0.15, 0.2) is 12.1 Å². The summed E-state index contributed by atoms with van der Waals surface area (Å²) < 4.78 is 10.3. The summed E-state index contributed by atoms with van der Waals surface area (Å²) in [6.45, 7) is 0. The molecule has 0 saturated carbocycles. The van der Waals surface area contributed by atoms with Crippen LogP contribution >= 0.6 is 0 Å². The highest BCUT2D eigenvalue weighted by Gasteiger charge is 2.22. The molecule has 0 atom stereocenters. The van der Waals surface area contributed by atoms with E-state index in [1.807, 2.05) is 24.3 Å². The van der Waals surface area contributed by atoms with Gasteiger partial charge in [0.15, 0.2) is 11.8 Å². The van der Waals surface area contributed by atoms with E-state index in [2.05, 4.69) is 0 Å². The molecular weight excluding hydrogens is 256 g/mol. The Balaban J connectivity index is 3.56. The normalized spacial score (nSPS) is 9.20. The Morgan fingerprint density at radius 1 is 0.750 bits per heavy atom. The molecule has 98 valence electrons. The second kappa shape index (κ2) is 6.64. The Hall–Kier alpha value is -3.22. The van der Waals surface area contributed by atoms with Crippen molar-refractivity contribution in [3.05, 3.63) is 23.3 Å². The van der Waals surface area contributed by atoms with E-state index in [0.717, 1.165) is 0 Å². The molecule has 0 fully saturated rings. The molecule has 1 aromatic carbocycles. The molecular formula is C14H10N4O2. The van der Waals surface area contributed by atoms with Crippen LogP contribution in [0.25, 0.3) is 0 Å². The molecule has 0 spiro atoms. The van der Waals surface area contributed by atoms with Crippen molar-refractivity contribution in [2.75, 3.05) is 14.2 Å². The van der Waals surface area contributed by atoms with Crippen LogP contribution in [-0.2, 0) is 0 Å². The summed E-state index contributed by atoms with van der Waals surface area (Å²) in [5, 5.41) is 35.8. The van der Waals surface area contributed by atoms with Gasteiger partial charge < -0.3 is 9.47 Å². The molecule has 0 aromatic heterocycles. The number of nitrogens with zero attached hydrogens (tertiary/aromatic N) is 4. The summed E-state index contributed by atoms with van der Waals surface area (Å²) in [5.41, 5.74) is 0.681. The highest BCUT2D eigenvalue weighted by molar-refractivity contribution is 5.54. The van der Waals surface area contributed by atoms with Gasteiger partial charge in [-0.05, 0) is 12.1 Å². The second-order valence-electron chi connectivity index (χ2n) is 3.72. The topological polar surface area (TPSA) is 114 Å². The lowest BCUT2D eigenvalue weighted by atomic mass is 9.94. The van der Waals surface area contributed by atoms with Gasteiger partial charge in [0.1, 0.15) is 11.5 Å². The molecule has 6 heteroatoms. The highest BCUT2D eigenvalue weighted by Crippen LogP contribution is 2.36. The van der Waals surface area contributed by atoms with Crippen molar-refractivity contribution >= 4 is 0 Å². The Morgan fingerprint density at radius 3 is 1.25 bits per heavy atom. The zero-order valence-corrected chi connectivity index (χ0v) is 10.9. The molecule has 0 aliphatic heterocycles. The minimum atomic E-state index is -1.02. The summed E-state index contributed by atoms with van der Waals surface area (Å²) in [5.74, 6) is -1.50. The Bertz CT molecular complexity index is 583. The van der Waals surface area contributed by atoms with E-state index in [1.54, 1.807) is 0 Å². The van der Waals surface area contributed by atoms with Gasteiger partial charge >= 0.3 is 0 Å². The molecule has 0 bridgehead atoms. The maximum atomic E-state index is 8.96. The number of hydrogen-bond acceptors (Lipinski definition) is 6. The minimum Gasteiger partial charge on any atom is -0.496 e. The van der Waals surface area contributed by atoms with Gasteiger partial charge in [-0.2, -0.15) is 21.0 Å². The van der Waals surface area contributed by atoms with Gasteiger partial charge in [-0.25, -0.2) is 0 Å². The molecule has 0 radical (unpaired) electrons. The smallest absolute Gasteiger partial charge is 0.161 e. The van der Waals surface area contributed by atoms with Crippen molar-refractivity contribution in [2.45, 2.75) is 11.8 Å². The standard InChI is InChI=1S/C14H10N4O2/c1-19-13-3-12(10(7-17)8-18)14(20-2)4-11(13)9(5-15)6-16/h3-4,9-10H,1-2H3. The van der Waals surface area contributed by atoms with Crippen molar-refractivity contribution < 1.29 is 9.47 Å². The van der Waals surface area contributed by atoms with E-state index in [0.29, 0.717) is 11.1 Å². The summed E-state index contributed by atoms with van der Waals surface area (Å²) >= 11 is 0. The van der Waals surface area contributed by atoms with E-state index < -0.39 is 11.8 Å². The van der Waals surface area contributed by atoms with E-state index in [4.69, 9.17) is 30.5 Å². The van der Waals surface area contributed by atoms with Gasteiger partial charge in [-0.15, -0.1) is 0 Å². The Kier molecular flexibility index (Phi) is 4.93.